The van der Waals surface area contributed by atoms with Crippen LogP contribution in [0.5, 0.6) is 5.88 Å². The molecule has 0 saturated carbocycles. The van der Waals surface area contributed by atoms with Crippen LogP contribution in [0.2, 0.25) is 0 Å². The van der Waals surface area contributed by atoms with Crippen LogP contribution in [0.1, 0.15) is 30.0 Å². The number of ether oxygens (including phenoxy) is 1. The zero-order valence-electron chi connectivity index (χ0n) is 11.2. The molecule has 0 spiro atoms. The van der Waals surface area contributed by atoms with Crippen LogP contribution in [0.3, 0.4) is 0 Å². The summed E-state index contributed by atoms with van der Waals surface area (Å²) in [5, 5.41) is 8.01. The van der Waals surface area contributed by atoms with E-state index in [9.17, 15) is 0 Å². The van der Waals surface area contributed by atoms with Crippen molar-refractivity contribution in [2.45, 2.75) is 25.4 Å². The van der Waals surface area contributed by atoms with Crippen LogP contribution in [-0.4, -0.2) is 23.4 Å². The van der Waals surface area contributed by atoms with Crippen LogP contribution in [0.4, 0.5) is 0 Å². The van der Waals surface area contributed by atoms with Gasteiger partial charge in [0.05, 0.1) is 19.2 Å². The van der Waals surface area contributed by atoms with Crippen LogP contribution < -0.4 is 10.1 Å². The summed E-state index contributed by atoms with van der Waals surface area (Å²) in [5.41, 5.74) is 2.43. The summed E-state index contributed by atoms with van der Waals surface area (Å²) in [6, 6.07) is 10.7. The number of methoxy groups -OCH3 is 1. The molecule has 1 aromatic heterocycles. The molecule has 1 fully saturated rings. The lowest BCUT2D eigenvalue weighted by molar-refractivity contribution is 0.382. The normalized spacial score (nSPS) is 18.7. The molecule has 0 amide bonds. The van der Waals surface area contributed by atoms with Crippen molar-refractivity contribution >= 4 is 0 Å². The first-order chi connectivity index (χ1) is 9.36. The third-order valence-corrected chi connectivity index (χ3v) is 3.57. The standard InChI is InChI=1S/C15H19N3O/c1-19-15-13(14-8-5-9-16-14)11-18(17-15)10-12-6-3-2-4-7-12/h2-4,6-7,11,14,16H,5,8-10H2,1H3. The zero-order chi connectivity index (χ0) is 13.1. The fourth-order valence-electron chi connectivity index (χ4n) is 2.62. The number of benzene rings is 1. The minimum Gasteiger partial charge on any atom is -0.480 e. The number of aromatic nitrogens is 2. The third-order valence-electron chi connectivity index (χ3n) is 3.57. The van der Waals surface area contributed by atoms with Gasteiger partial charge in [0.15, 0.2) is 0 Å². The van der Waals surface area contributed by atoms with Gasteiger partial charge >= 0.3 is 0 Å². The molecule has 2 heterocycles. The third kappa shape index (κ3) is 2.63. The van der Waals surface area contributed by atoms with Gasteiger partial charge in [-0.15, -0.1) is 5.10 Å². The first kappa shape index (κ1) is 12.2. The van der Waals surface area contributed by atoms with Crippen LogP contribution in [0, 0.1) is 0 Å². The van der Waals surface area contributed by atoms with E-state index in [1.807, 2.05) is 10.7 Å². The Kier molecular flexibility index (Phi) is 3.51. The molecular weight excluding hydrogens is 238 g/mol. The molecule has 0 radical (unpaired) electrons. The van der Waals surface area contributed by atoms with E-state index >= 15 is 0 Å². The van der Waals surface area contributed by atoms with E-state index in [2.05, 4.69) is 40.9 Å². The van der Waals surface area contributed by atoms with E-state index in [-0.39, 0.29) is 0 Å². The highest BCUT2D eigenvalue weighted by molar-refractivity contribution is 5.28. The maximum absolute atomic E-state index is 5.40. The van der Waals surface area contributed by atoms with Crippen molar-refractivity contribution in [2.24, 2.45) is 0 Å². The molecule has 1 saturated heterocycles. The van der Waals surface area contributed by atoms with Gasteiger partial charge in [0.1, 0.15) is 0 Å². The molecule has 1 aliphatic heterocycles. The van der Waals surface area contributed by atoms with Crippen LogP contribution in [0.25, 0.3) is 0 Å². The van der Waals surface area contributed by atoms with E-state index in [0.29, 0.717) is 6.04 Å². The fourth-order valence-corrected chi connectivity index (χ4v) is 2.62. The lowest BCUT2D eigenvalue weighted by Gasteiger charge is -2.08. The Morgan fingerprint density at radius 1 is 1.37 bits per heavy atom. The smallest absolute Gasteiger partial charge is 0.237 e. The Morgan fingerprint density at radius 3 is 2.89 bits per heavy atom. The predicted molar refractivity (Wildman–Crippen MR) is 74.3 cm³/mol. The highest BCUT2D eigenvalue weighted by Gasteiger charge is 2.22. The van der Waals surface area contributed by atoms with Crippen LogP contribution >= 0.6 is 0 Å². The molecule has 0 bridgehead atoms. The lowest BCUT2D eigenvalue weighted by Crippen LogP contribution is -2.13. The van der Waals surface area contributed by atoms with Gasteiger partial charge in [0.25, 0.3) is 0 Å². The highest BCUT2D eigenvalue weighted by Crippen LogP contribution is 2.29. The molecule has 1 aliphatic rings. The number of hydrogen-bond donors (Lipinski definition) is 1. The molecule has 1 unspecified atom stereocenters. The average molecular weight is 257 g/mol. The predicted octanol–water partition coefficient (Wildman–Crippen LogP) is 2.36. The molecule has 100 valence electrons. The maximum Gasteiger partial charge on any atom is 0.237 e. The van der Waals surface area contributed by atoms with Crippen molar-refractivity contribution in [1.82, 2.24) is 15.1 Å². The minimum absolute atomic E-state index is 0.388. The molecule has 19 heavy (non-hydrogen) atoms. The number of rotatable bonds is 4. The quantitative estimate of drug-likeness (QED) is 0.914. The van der Waals surface area contributed by atoms with Gasteiger partial charge in [-0.25, -0.2) is 0 Å². The summed E-state index contributed by atoms with van der Waals surface area (Å²) >= 11 is 0. The van der Waals surface area contributed by atoms with E-state index in [1.54, 1.807) is 7.11 Å². The largest absolute Gasteiger partial charge is 0.480 e. The highest BCUT2D eigenvalue weighted by atomic mass is 16.5. The summed E-state index contributed by atoms with van der Waals surface area (Å²) in [4.78, 5) is 0. The van der Waals surface area contributed by atoms with Crippen molar-refractivity contribution < 1.29 is 4.74 Å². The van der Waals surface area contributed by atoms with E-state index in [0.717, 1.165) is 25.4 Å². The molecule has 1 aromatic carbocycles. The van der Waals surface area contributed by atoms with Gasteiger partial charge < -0.3 is 10.1 Å². The lowest BCUT2D eigenvalue weighted by atomic mass is 10.1. The van der Waals surface area contributed by atoms with Crippen molar-refractivity contribution in [3.05, 3.63) is 47.7 Å². The maximum atomic E-state index is 5.40. The second kappa shape index (κ2) is 5.45. The molecule has 4 nitrogen and oxygen atoms in total. The Morgan fingerprint density at radius 2 is 2.21 bits per heavy atom. The minimum atomic E-state index is 0.388. The second-order valence-corrected chi connectivity index (χ2v) is 4.93. The number of nitrogens with one attached hydrogen (secondary N) is 1. The Labute approximate surface area is 113 Å². The van der Waals surface area contributed by atoms with Crippen molar-refractivity contribution in [3.63, 3.8) is 0 Å². The average Bonchev–Trinajstić information content (AvgIpc) is 3.08. The summed E-state index contributed by atoms with van der Waals surface area (Å²) in [6.45, 7) is 1.86. The molecule has 0 aliphatic carbocycles. The summed E-state index contributed by atoms with van der Waals surface area (Å²) in [7, 11) is 1.69. The van der Waals surface area contributed by atoms with Gasteiger partial charge in [0.2, 0.25) is 5.88 Å². The van der Waals surface area contributed by atoms with Gasteiger partial charge in [0, 0.05) is 12.2 Å². The van der Waals surface area contributed by atoms with Gasteiger partial charge in [-0.3, -0.25) is 4.68 Å². The van der Waals surface area contributed by atoms with Crippen molar-refractivity contribution in [2.75, 3.05) is 13.7 Å². The van der Waals surface area contributed by atoms with E-state index in [1.165, 1.54) is 17.5 Å². The van der Waals surface area contributed by atoms with E-state index in [4.69, 9.17) is 4.74 Å². The van der Waals surface area contributed by atoms with Crippen LogP contribution in [0.15, 0.2) is 36.5 Å². The fraction of sp³-hybridized carbons (Fsp3) is 0.400. The molecule has 3 rings (SSSR count). The summed E-state index contributed by atoms with van der Waals surface area (Å²) < 4.78 is 7.37. The van der Waals surface area contributed by atoms with E-state index < -0.39 is 0 Å². The number of nitrogens with zero attached hydrogens (tertiary/aromatic N) is 2. The van der Waals surface area contributed by atoms with Crippen molar-refractivity contribution in [1.29, 1.82) is 0 Å². The molecule has 1 atom stereocenters. The summed E-state index contributed by atoms with van der Waals surface area (Å²) in [5.74, 6) is 0.746. The summed E-state index contributed by atoms with van der Waals surface area (Å²) in [6.07, 6.45) is 4.49. The topological polar surface area (TPSA) is 39.1 Å². The second-order valence-electron chi connectivity index (χ2n) is 4.93. The first-order valence-electron chi connectivity index (χ1n) is 6.75. The van der Waals surface area contributed by atoms with Gasteiger partial charge in [-0.05, 0) is 24.9 Å². The zero-order valence-corrected chi connectivity index (χ0v) is 11.2. The molecule has 2 aromatic rings. The molecule has 1 N–H and O–H groups in total. The van der Waals surface area contributed by atoms with Gasteiger partial charge in [-0.2, -0.15) is 0 Å². The first-order valence-corrected chi connectivity index (χ1v) is 6.75. The molecule has 4 heteroatoms. The molecular formula is C15H19N3O. The Bertz CT molecular complexity index is 530. The van der Waals surface area contributed by atoms with Crippen LogP contribution in [-0.2, 0) is 6.54 Å². The van der Waals surface area contributed by atoms with Crippen molar-refractivity contribution in [3.8, 4) is 5.88 Å². The Balaban J connectivity index is 1.82. The monoisotopic (exact) mass is 257 g/mol. The Hall–Kier alpha value is -1.81. The van der Waals surface area contributed by atoms with Gasteiger partial charge in [-0.1, -0.05) is 30.3 Å². The SMILES string of the molecule is COc1nn(Cc2ccccc2)cc1C1CCCN1. The number of hydrogen-bond acceptors (Lipinski definition) is 3.